The van der Waals surface area contributed by atoms with Crippen LogP contribution < -0.4 is 16.7 Å². The lowest BCUT2D eigenvalue weighted by atomic mass is 10.5. The molecule has 0 aliphatic heterocycles. The molecule has 9 nitrogen and oxygen atoms in total. The van der Waals surface area contributed by atoms with Crippen LogP contribution in [0, 0.1) is 0 Å². The molecule has 0 aliphatic rings. The number of anilines is 1. The summed E-state index contributed by atoms with van der Waals surface area (Å²) in [7, 11) is 3.12. The number of aryl methyl sites for hydroxylation is 1. The number of rotatable bonds is 5. The van der Waals surface area contributed by atoms with Crippen molar-refractivity contribution in [1.29, 1.82) is 0 Å². The normalized spacial score (nSPS) is 10.9. The average Bonchev–Trinajstić information content (AvgIpc) is 2.79. The number of hydrazone groups is 1. The second kappa shape index (κ2) is 5.92. The number of hydrogen-bond donors (Lipinski definition) is 2. The number of ether oxygens (including phenoxy) is 1. The summed E-state index contributed by atoms with van der Waals surface area (Å²) >= 11 is 0. The quantitative estimate of drug-likeness (QED) is 0.590. The summed E-state index contributed by atoms with van der Waals surface area (Å²) in [5.74, 6) is 0.384. The first kappa shape index (κ1) is 15.0. The molecule has 114 valence electrons. The number of hydrogen-bond acceptors (Lipinski definition) is 6. The number of imidazole rings is 1. The van der Waals surface area contributed by atoms with Crippen LogP contribution >= 0.6 is 0 Å². The third-order valence-electron chi connectivity index (χ3n) is 2.91. The van der Waals surface area contributed by atoms with Gasteiger partial charge in [0.1, 0.15) is 0 Å². The Bertz CT molecular complexity index is 794. The van der Waals surface area contributed by atoms with Gasteiger partial charge in [0, 0.05) is 26.4 Å². The molecule has 2 N–H and O–H groups in total. The van der Waals surface area contributed by atoms with E-state index in [1.165, 1.54) is 4.57 Å². The first-order chi connectivity index (χ1) is 9.95. The highest BCUT2D eigenvalue weighted by Gasteiger charge is 2.16. The fourth-order valence-corrected chi connectivity index (χ4v) is 1.88. The van der Waals surface area contributed by atoms with Gasteiger partial charge < -0.3 is 9.30 Å². The number of aromatic amines is 1. The van der Waals surface area contributed by atoms with E-state index in [1.807, 2.05) is 13.8 Å². The first-order valence-corrected chi connectivity index (χ1v) is 6.41. The van der Waals surface area contributed by atoms with E-state index in [4.69, 9.17) is 4.74 Å². The van der Waals surface area contributed by atoms with Crippen molar-refractivity contribution in [2.75, 3.05) is 19.1 Å². The average molecular weight is 294 g/mol. The zero-order chi connectivity index (χ0) is 15.6. The SMILES string of the molecule is COCCn1c(NN=C(C)C)nc2c1c(=O)[nH]c(=O)n2C. The minimum atomic E-state index is -0.509. The second-order valence-electron chi connectivity index (χ2n) is 4.74. The maximum absolute atomic E-state index is 12.1. The Morgan fingerprint density at radius 1 is 1.43 bits per heavy atom. The summed E-state index contributed by atoms with van der Waals surface area (Å²) in [6, 6.07) is 0. The van der Waals surface area contributed by atoms with E-state index in [-0.39, 0.29) is 0 Å². The van der Waals surface area contributed by atoms with Crippen LogP contribution in [0.1, 0.15) is 13.8 Å². The van der Waals surface area contributed by atoms with Gasteiger partial charge >= 0.3 is 5.69 Å². The molecule has 0 amide bonds. The fourth-order valence-electron chi connectivity index (χ4n) is 1.88. The van der Waals surface area contributed by atoms with Gasteiger partial charge in [-0.3, -0.25) is 14.3 Å². The first-order valence-electron chi connectivity index (χ1n) is 6.41. The lowest BCUT2D eigenvalue weighted by molar-refractivity contribution is 0.188. The van der Waals surface area contributed by atoms with Gasteiger partial charge in [-0.05, 0) is 13.8 Å². The molecule has 2 heterocycles. The predicted molar refractivity (Wildman–Crippen MR) is 79.9 cm³/mol. The maximum atomic E-state index is 12.1. The van der Waals surface area contributed by atoms with Crippen molar-refractivity contribution in [1.82, 2.24) is 19.1 Å². The molecule has 9 heteroatoms. The number of aromatic nitrogens is 4. The number of nitrogens with one attached hydrogen (secondary N) is 2. The minimum absolute atomic E-state index is 0.298. The smallest absolute Gasteiger partial charge is 0.329 e. The molecule has 0 saturated carbocycles. The van der Waals surface area contributed by atoms with Gasteiger partial charge in [-0.15, -0.1) is 0 Å². The number of nitrogens with zero attached hydrogens (tertiary/aromatic N) is 4. The summed E-state index contributed by atoms with van der Waals surface area (Å²) in [6.45, 7) is 4.47. The third-order valence-corrected chi connectivity index (χ3v) is 2.91. The zero-order valence-electron chi connectivity index (χ0n) is 12.4. The molecule has 0 radical (unpaired) electrons. The monoisotopic (exact) mass is 294 g/mol. The maximum Gasteiger partial charge on any atom is 0.329 e. The molecule has 0 unspecified atom stereocenters. The minimum Gasteiger partial charge on any atom is -0.383 e. The van der Waals surface area contributed by atoms with Crippen LogP contribution in [0.4, 0.5) is 5.95 Å². The molecule has 2 aromatic rings. The Morgan fingerprint density at radius 3 is 2.76 bits per heavy atom. The van der Waals surface area contributed by atoms with Gasteiger partial charge in [0.15, 0.2) is 11.2 Å². The molecular formula is C12H18N6O3. The Kier molecular flexibility index (Phi) is 4.22. The topological polar surface area (TPSA) is 106 Å². The van der Waals surface area contributed by atoms with Crippen LogP contribution in [0.15, 0.2) is 14.7 Å². The van der Waals surface area contributed by atoms with Gasteiger partial charge in [-0.1, -0.05) is 0 Å². The summed E-state index contributed by atoms with van der Waals surface area (Å²) in [4.78, 5) is 30.2. The lowest BCUT2D eigenvalue weighted by Crippen LogP contribution is -2.29. The van der Waals surface area contributed by atoms with Crippen LogP contribution in [-0.2, 0) is 18.3 Å². The van der Waals surface area contributed by atoms with Gasteiger partial charge in [-0.2, -0.15) is 10.1 Å². The van der Waals surface area contributed by atoms with Crippen LogP contribution in [0.2, 0.25) is 0 Å². The molecule has 0 aliphatic carbocycles. The molecule has 0 fully saturated rings. The van der Waals surface area contributed by atoms with Crippen molar-refractivity contribution >= 4 is 22.8 Å². The summed E-state index contributed by atoms with van der Waals surface area (Å²) < 4.78 is 7.97. The molecule has 2 rings (SSSR count). The number of fused-ring (bicyclic) bond motifs is 1. The van der Waals surface area contributed by atoms with Crippen molar-refractivity contribution in [2.45, 2.75) is 20.4 Å². The van der Waals surface area contributed by atoms with Gasteiger partial charge in [0.2, 0.25) is 5.95 Å². The summed E-state index contributed by atoms with van der Waals surface area (Å²) in [5, 5.41) is 4.08. The highest BCUT2D eigenvalue weighted by Crippen LogP contribution is 2.15. The summed E-state index contributed by atoms with van der Waals surface area (Å²) in [6.07, 6.45) is 0. The van der Waals surface area contributed by atoms with Crippen LogP contribution in [0.25, 0.3) is 11.2 Å². The van der Waals surface area contributed by atoms with Gasteiger partial charge in [-0.25, -0.2) is 10.2 Å². The summed E-state index contributed by atoms with van der Waals surface area (Å²) in [5.41, 5.74) is 3.22. The molecule has 21 heavy (non-hydrogen) atoms. The number of H-pyrrole nitrogens is 1. The van der Waals surface area contributed by atoms with Crippen molar-refractivity contribution in [2.24, 2.45) is 12.1 Å². The molecular weight excluding hydrogens is 276 g/mol. The van der Waals surface area contributed by atoms with Crippen molar-refractivity contribution in [3.63, 3.8) is 0 Å². The van der Waals surface area contributed by atoms with E-state index in [2.05, 4.69) is 20.5 Å². The van der Waals surface area contributed by atoms with Crippen molar-refractivity contribution < 1.29 is 4.74 Å². The van der Waals surface area contributed by atoms with E-state index in [0.29, 0.717) is 30.3 Å². The van der Waals surface area contributed by atoms with E-state index in [9.17, 15) is 9.59 Å². The Morgan fingerprint density at radius 2 is 2.14 bits per heavy atom. The van der Waals surface area contributed by atoms with Crippen LogP contribution in [0.5, 0.6) is 0 Å². The molecule has 0 spiro atoms. The van der Waals surface area contributed by atoms with Crippen molar-refractivity contribution in [3.8, 4) is 0 Å². The van der Waals surface area contributed by atoms with Gasteiger partial charge in [0.05, 0.1) is 6.61 Å². The number of methoxy groups -OCH3 is 1. The second-order valence-corrected chi connectivity index (χ2v) is 4.74. The van der Waals surface area contributed by atoms with Crippen molar-refractivity contribution in [3.05, 3.63) is 20.8 Å². The van der Waals surface area contributed by atoms with E-state index in [0.717, 1.165) is 5.71 Å². The van der Waals surface area contributed by atoms with Crippen LogP contribution in [-0.4, -0.2) is 38.5 Å². The van der Waals surface area contributed by atoms with E-state index in [1.54, 1.807) is 18.7 Å². The lowest BCUT2D eigenvalue weighted by Gasteiger charge is -2.07. The van der Waals surface area contributed by atoms with E-state index < -0.39 is 11.2 Å². The Balaban J connectivity index is 2.69. The van der Waals surface area contributed by atoms with Crippen LogP contribution in [0.3, 0.4) is 0 Å². The Labute approximate surface area is 120 Å². The molecule has 0 bridgehead atoms. The third kappa shape index (κ3) is 2.87. The highest BCUT2D eigenvalue weighted by atomic mass is 16.5. The zero-order valence-corrected chi connectivity index (χ0v) is 12.4. The van der Waals surface area contributed by atoms with Gasteiger partial charge in [0.25, 0.3) is 5.56 Å². The largest absolute Gasteiger partial charge is 0.383 e. The van der Waals surface area contributed by atoms with E-state index >= 15 is 0 Å². The standard InChI is InChI=1S/C12H18N6O3/c1-7(2)15-16-11-13-9-8(18(11)5-6-21-4)10(19)14-12(20)17(9)3/h5-6H2,1-4H3,(H,13,16)(H,14,19,20). The molecule has 0 aromatic carbocycles. The highest BCUT2D eigenvalue weighted by molar-refractivity contribution is 5.80. The molecule has 2 aromatic heterocycles. The molecule has 0 saturated heterocycles. The Hall–Kier alpha value is -2.42. The molecule has 0 atom stereocenters. The fraction of sp³-hybridized carbons (Fsp3) is 0.500. The predicted octanol–water partition coefficient (Wildman–Crippen LogP) is -0.123.